The summed E-state index contributed by atoms with van der Waals surface area (Å²) in [5.41, 5.74) is 1.87. The lowest BCUT2D eigenvalue weighted by Crippen LogP contribution is -2.39. The second-order valence-corrected chi connectivity index (χ2v) is 8.01. The largest absolute Gasteiger partial charge is 0.332 e. The summed E-state index contributed by atoms with van der Waals surface area (Å²) in [6, 6.07) is 16.1. The van der Waals surface area contributed by atoms with Gasteiger partial charge in [0.15, 0.2) is 11.2 Å². The first-order valence-corrected chi connectivity index (χ1v) is 10.4. The van der Waals surface area contributed by atoms with Crippen molar-refractivity contribution >= 4 is 16.9 Å². The summed E-state index contributed by atoms with van der Waals surface area (Å²) in [7, 11) is 1.58. The number of aryl methyl sites for hydroxylation is 2. The Morgan fingerprint density at radius 1 is 1.03 bits per heavy atom. The van der Waals surface area contributed by atoms with Crippen molar-refractivity contribution in [1.29, 1.82) is 0 Å². The van der Waals surface area contributed by atoms with E-state index in [1.807, 2.05) is 48.0 Å². The predicted octanol–water partition coefficient (Wildman–Crippen LogP) is 3.25. The summed E-state index contributed by atoms with van der Waals surface area (Å²) < 4.78 is 20.4. The molecule has 0 fully saturated rings. The second-order valence-electron chi connectivity index (χ2n) is 8.01. The van der Waals surface area contributed by atoms with Gasteiger partial charge in [0.1, 0.15) is 5.82 Å². The van der Waals surface area contributed by atoms with Crippen molar-refractivity contribution in [2.75, 3.05) is 0 Å². The minimum absolute atomic E-state index is 0.0248. The number of benzene rings is 2. The summed E-state index contributed by atoms with van der Waals surface area (Å²) in [5, 5.41) is 0. The summed E-state index contributed by atoms with van der Waals surface area (Å²) in [4.78, 5) is 31.1. The SMILES string of the molecule is Cc1cn2c3c(=O)n(Cc4ccccc4F)c(=O)n(C)c3nc2n1[C@H](C)c1ccccc1. The third kappa shape index (κ3) is 2.90. The number of hydrogen-bond acceptors (Lipinski definition) is 3. The molecule has 0 aliphatic rings. The van der Waals surface area contributed by atoms with Gasteiger partial charge in [-0.25, -0.2) is 9.18 Å². The number of fused-ring (bicyclic) bond motifs is 3. The van der Waals surface area contributed by atoms with E-state index >= 15 is 0 Å². The average Bonchev–Trinajstić information content (AvgIpc) is 3.31. The van der Waals surface area contributed by atoms with Gasteiger partial charge in [0, 0.05) is 24.5 Å². The molecule has 0 saturated carbocycles. The highest BCUT2D eigenvalue weighted by Crippen LogP contribution is 2.25. The van der Waals surface area contributed by atoms with Gasteiger partial charge in [-0.15, -0.1) is 0 Å². The maximum absolute atomic E-state index is 14.2. The molecule has 0 aliphatic heterocycles. The number of nitrogens with zero attached hydrogens (tertiary/aromatic N) is 5. The van der Waals surface area contributed by atoms with E-state index in [0.717, 1.165) is 15.8 Å². The standard InChI is InChI=1S/C24H22FN5O2/c1-15-13-28-20-21(26-23(28)30(15)16(2)17-9-5-4-6-10-17)27(3)24(32)29(22(20)31)14-18-11-7-8-12-19(18)25/h4-13,16H,14H2,1-3H3/t16-/m1/s1. The molecular weight excluding hydrogens is 409 g/mol. The number of rotatable bonds is 4. The monoisotopic (exact) mass is 431 g/mol. The highest BCUT2D eigenvalue weighted by molar-refractivity contribution is 5.75. The second kappa shape index (κ2) is 7.33. The Hall–Kier alpha value is -3.94. The van der Waals surface area contributed by atoms with Crippen LogP contribution in [0.3, 0.4) is 0 Å². The molecular formula is C24H22FN5O2. The lowest BCUT2D eigenvalue weighted by Gasteiger charge is -2.16. The summed E-state index contributed by atoms with van der Waals surface area (Å²) in [5.74, 6) is 0.114. The molecule has 0 bridgehead atoms. The van der Waals surface area contributed by atoms with Crippen molar-refractivity contribution in [2.24, 2.45) is 7.05 Å². The third-order valence-electron chi connectivity index (χ3n) is 6.02. The van der Waals surface area contributed by atoms with Crippen LogP contribution in [0.5, 0.6) is 0 Å². The van der Waals surface area contributed by atoms with Crippen LogP contribution in [-0.2, 0) is 13.6 Å². The van der Waals surface area contributed by atoms with Crippen LogP contribution in [0.1, 0.15) is 29.8 Å². The van der Waals surface area contributed by atoms with Crippen molar-refractivity contribution in [3.63, 3.8) is 0 Å². The molecule has 0 radical (unpaired) electrons. The van der Waals surface area contributed by atoms with Crippen molar-refractivity contribution < 1.29 is 4.39 Å². The molecule has 8 heteroatoms. The lowest BCUT2D eigenvalue weighted by molar-refractivity contribution is 0.582. The fourth-order valence-corrected chi connectivity index (χ4v) is 4.32. The molecule has 0 saturated heterocycles. The van der Waals surface area contributed by atoms with Gasteiger partial charge in [-0.1, -0.05) is 48.5 Å². The zero-order valence-electron chi connectivity index (χ0n) is 18.0. The molecule has 7 nitrogen and oxygen atoms in total. The fourth-order valence-electron chi connectivity index (χ4n) is 4.32. The van der Waals surface area contributed by atoms with Crippen molar-refractivity contribution in [2.45, 2.75) is 26.4 Å². The Balaban J connectivity index is 1.76. The van der Waals surface area contributed by atoms with Gasteiger partial charge < -0.3 is 4.57 Å². The normalized spacial score (nSPS) is 12.6. The summed E-state index contributed by atoms with van der Waals surface area (Å²) in [6.07, 6.45) is 1.85. The molecule has 3 heterocycles. The Morgan fingerprint density at radius 3 is 2.44 bits per heavy atom. The van der Waals surface area contributed by atoms with Gasteiger partial charge in [-0.3, -0.25) is 18.3 Å². The van der Waals surface area contributed by atoms with Crippen LogP contribution in [-0.4, -0.2) is 23.1 Å². The minimum atomic E-state index is -0.536. The molecule has 162 valence electrons. The van der Waals surface area contributed by atoms with Crippen LogP contribution in [0, 0.1) is 12.7 Å². The van der Waals surface area contributed by atoms with Crippen LogP contribution in [0.4, 0.5) is 4.39 Å². The van der Waals surface area contributed by atoms with Crippen LogP contribution in [0.2, 0.25) is 0 Å². The van der Waals surface area contributed by atoms with Crippen molar-refractivity contribution in [3.8, 4) is 0 Å². The van der Waals surface area contributed by atoms with Crippen LogP contribution in [0.15, 0.2) is 70.4 Å². The molecule has 0 spiro atoms. The molecule has 32 heavy (non-hydrogen) atoms. The number of imidazole rings is 2. The van der Waals surface area contributed by atoms with Crippen molar-refractivity contribution in [1.82, 2.24) is 23.1 Å². The van der Waals surface area contributed by atoms with Crippen LogP contribution in [0.25, 0.3) is 16.9 Å². The fraction of sp³-hybridized carbons (Fsp3) is 0.208. The molecule has 0 N–H and O–H groups in total. The highest BCUT2D eigenvalue weighted by Gasteiger charge is 2.22. The van der Waals surface area contributed by atoms with E-state index in [1.165, 1.54) is 10.6 Å². The summed E-state index contributed by atoms with van der Waals surface area (Å²) in [6.45, 7) is 3.87. The van der Waals surface area contributed by atoms with E-state index in [2.05, 4.69) is 11.9 Å². The van der Waals surface area contributed by atoms with E-state index in [4.69, 9.17) is 0 Å². The Kier molecular flexibility index (Phi) is 4.58. The molecule has 0 unspecified atom stereocenters. The van der Waals surface area contributed by atoms with E-state index in [-0.39, 0.29) is 18.2 Å². The first-order valence-electron chi connectivity index (χ1n) is 10.4. The zero-order valence-corrected chi connectivity index (χ0v) is 18.0. The Bertz CT molecular complexity index is 1590. The molecule has 2 aromatic carbocycles. The number of halogens is 1. The smallest absolute Gasteiger partial charge is 0.307 e. The lowest BCUT2D eigenvalue weighted by atomic mass is 10.1. The molecule has 0 amide bonds. The molecule has 3 aromatic heterocycles. The predicted molar refractivity (Wildman–Crippen MR) is 121 cm³/mol. The van der Waals surface area contributed by atoms with Crippen LogP contribution >= 0.6 is 0 Å². The quantitative estimate of drug-likeness (QED) is 0.439. The van der Waals surface area contributed by atoms with Gasteiger partial charge in [-0.05, 0) is 25.5 Å². The Morgan fingerprint density at radius 2 is 1.72 bits per heavy atom. The molecule has 5 aromatic rings. The molecule has 0 aliphatic carbocycles. The molecule has 1 atom stereocenters. The zero-order chi connectivity index (χ0) is 22.6. The number of aromatic nitrogens is 5. The summed E-state index contributed by atoms with van der Waals surface area (Å²) >= 11 is 0. The van der Waals surface area contributed by atoms with Crippen LogP contribution < -0.4 is 11.2 Å². The topological polar surface area (TPSA) is 66.2 Å². The first kappa shape index (κ1) is 20.0. The van der Waals surface area contributed by atoms with E-state index in [1.54, 1.807) is 29.6 Å². The van der Waals surface area contributed by atoms with Crippen molar-refractivity contribution in [3.05, 3.63) is 104 Å². The third-order valence-corrected chi connectivity index (χ3v) is 6.02. The van der Waals surface area contributed by atoms with Gasteiger partial charge in [0.05, 0.1) is 12.6 Å². The van der Waals surface area contributed by atoms with E-state index in [0.29, 0.717) is 16.9 Å². The number of hydrogen-bond donors (Lipinski definition) is 0. The maximum Gasteiger partial charge on any atom is 0.332 e. The van der Waals surface area contributed by atoms with Gasteiger partial charge >= 0.3 is 5.69 Å². The van der Waals surface area contributed by atoms with E-state index in [9.17, 15) is 14.0 Å². The Labute approximate surface area is 182 Å². The van der Waals surface area contributed by atoms with Gasteiger partial charge in [-0.2, -0.15) is 4.98 Å². The highest BCUT2D eigenvalue weighted by atomic mass is 19.1. The maximum atomic E-state index is 14.2. The average molecular weight is 431 g/mol. The first-order chi connectivity index (χ1) is 15.4. The van der Waals surface area contributed by atoms with E-state index < -0.39 is 17.1 Å². The van der Waals surface area contributed by atoms with Gasteiger partial charge in [0.2, 0.25) is 5.78 Å². The molecule has 5 rings (SSSR count). The minimum Gasteiger partial charge on any atom is -0.307 e. The van der Waals surface area contributed by atoms with Gasteiger partial charge in [0.25, 0.3) is 5.56 Å².